The molecule has 2 fully saturated rings. The Kier molecular flexibility index (Phi) is 18.0. The topological polar surface area (TPSA) is 221 Å². The molecule has 2 N–H and O–H groups in total. The molecule has 0 radical (unpaired) electrons. The van der Waals surface area contributed by atoms with Gasteiger partial charge in [-0.25, -0.2) is 22.8 Å². The van der Waals surface area contributed by atoms with E-state index in [1.54, 1.807) is 26.0 Å². The van der Waals surface area contributed by atoms with Crippen LogP contribution in [0.15, 0.2) is 53.4 Å². The van der Waals surface area contributed by atoms with Gasteiger partial charge in [0, 0.05) is 13.1 Å². The van der Waals surface area contributed by atoms with Crippen molar-refractivity contribution < 1.29 is 74.7 Å². The van der Waals surface area contributed by atoms with Crippen molar-refractivity contribution >= 4 is 35.7 Å². The lowest BCUT2D eigenvalue weighted by Crippen LogP contribution is -2.51. The molecule has 7 atom stereocenters. The van der Waals surface area contributed by atoms with Crippen molar-refractivity contribution in [1.29, 1.82) is 0 Å². The number of rotatable bonds is 23. The third-order valence-corrected chi connectivity index (χ3v) is 12.9. The molecule has 2 heterocycles. The van der Waals surface area contributed by atoms with E-state index in [-0.39, 0.29) is 61.8 Å². The van der Waals surface area contributed by atoms with Crippen molar-refractivity contribution in [1.82, 2.24) is 9.62 Å². The summed E-state index contributed by atoms with van der Waals surface area (Å²) in [7, 11) is -6.93. The summed E-state index contributed by atoms with van der Waals surface area (Å²) in [5, 5.41) is 14.5. The first kappa shape index (κ1) is 47.9. The maximum absolute atomic E-state index is 13.9. The predicted molar refractivity (Wildman–Crippen MR) is 211 cm³/mol. The van der Waals surface area contributed by atoms with Crippen LogP contribution in [0, 0.1) is 11.8 Å². The third kappa shape index (κ3) is 13.9. The lowest BCUT2D eigenvalue weighted by molar-refractivity contribution is -0.152. The molecular formula is C39H57N2O16PS. The Labute approximate surface area is 345 Å². The van der Waals surface area contributed by atoms with Crippen LogP contribution in [0.3, 0.4) is 0 Å². The fourth-order valence-corrected chi connectivity index (χ4v) is 9.60. The zero-order chi connectivity index (χ0) is 43.3. The number of aliphatic hydroxyl groups is 1. The highest BCUT2D eigenvalue weighted by Crippen LogP contribution is 2.51. The molecule has 59 heavy (non-hydrogen) atoms. The number of hydrogen-bond donors (Lipinski definition) is 2. The first-order valence-corrected chi connectivity index (χ1v) is 22.7. The highest BCUT2D eigenvalue weighted by molar-refractivity contribution is 7.89. The average molecular weight is 873 g/mol. The number of nitrogens with zero attached hydrogens (tertiary/aromatic N) is 1. The van der Waals surface area contributed by atoms with E-state index in [9.17, 15) is 32.5 Å². The Morgan fingerprint density at radius 3 is 2.05 bits per heavy atom. The Morgan fingerprint density at radius 2 is 1.49 bits per heavy atom. The standard InChI is InChI=1S/C39H57N2O16PS/c1-8-50-36(43)26(5)56-58(46,57-27(6)37(44)51-9-2)24-54-30-12-10-28(11-13-30)20-33(40-39(45)55-35-23-53-38-32(35)18-19-52-38)34(42)22-41(21-25(3)4)59(47,48)31-16-14-29(49-7)15-17-31/h10-17,25-27,32-35,38,42H,8-9,18-24H2,1-7H3,(H,40,45)/t26-,27-,32+,33+,34-,35+,38-/m1/s1. The van der Waals surface area contributed by atoms with Crippen molar-refractivity contribution in [2.75, 3.05) is 53.0 Å². The second-order valence-electron chi connectivity index (χ2n) is 14.4. The summed E-state index contributed by atoms with van der Waals surface area (Å²) in [6, 6.07) is 11.2. The highest BCUT2D eigenvalue weighted by Gasteiger charge is 2.44. The van der Waals surface area contributed by atoms with Crippen LogP contribution in [0.1, 0.15) is 53.5 Å². The summed E-state index contributed by atoms with van der Waals surface area (Å²) in [5.74, 6) is -1.17. The molecule has 2 aliphatic rings. The van der Waals surface area contributed by atoms with Crippen molar-refractivity contribution in [3.63, 3.8) is 0 Å². The second-order valence-corrected chi connectivity index (χ2v) is 18.2. The van der Waals surface area contributed by atoms with Crippen molar-refractivity contribution in [3.05, 3.63) is 54.1 Å². The SMILES string of the molecule is CCOC(=O)[C@@H](C)OP(=O)(COc1ccc(C[C@H](NC(=O)O[C@H]2CO[C@H]3OCC[C@H]32)[C@H](O)CN(CC(C)C)S(=O)(=O)c2ccc(OC)cc2)cc1)O[C@H](C)C(=O)OCC. The molecule has 0 bridgehead atoms. The number of nitrogens with one attached hydrogen (secondary N) is 1. The fourth-order valence-electron chi connectivity index (χ4n) is 6.37. The van der Waals surface area contributed by atoms with Crippen LogP contribution < -0.4 is 14.8 Å². The minimum absolute atomic E-state index is 0.00581. The van der Waals surface area contributed by atoms with E-state index in [1.165, 1.54) is 61.7 Å². The zero-order valence-electron chi connectivity index (χ0n) is 34.5. The molecule has 0 aliphatic carbocycles. The van der Waals surface area contributed by atoms with Crippen LogP contribution in [0.25, 0.3) is 0 Å². The molecule has 330 valence electrons. The quantitative estimate of drug-likeness (QED) is 0.0905. The number of hydrogen-bond acceptors (Lipinski definition) is 16. The molecule has 0 aromatic heterocycles. The Balaban J connectivity index is 1.53. The Morgan fingerprint density at radius 1 is 0.898 bits per heavy atom. The molecule has 2 saturated heterocycles. The fraction of sp³-hybridized carbons (Fsp3) is 0.615. The van der Waals surface area contributed by atoms with E-state index in [0.717, 1.165) is 0 Å². The number of sulfonamides is 1. The molecule has 2 aliphatic heterocycles. The number of carbonyl (C=O) groups excluding carboxylic acids is 3. The summed E-state index contributed by atoms with van der Waals surface area (Å²) >= 11 is 0. The predicted octanol–water partition coefficient (Wildman–Crippen LogP) is 4.27. The second kappa shape index (κ2) is 22.2. The number of fused-ring (bicyclic) bond motifs is 1. The van der Waals surface area contributed by atoms with Gasteiger partial charge < -0.3 is 43.6 Å². The lowest BCUT2D eigenvalue weighted by atomic mass is 10.0. The maximum Gasteiger partial charge on any atom is 0.407 e. The van der Waals surface area contributed by atoms with Gasteiger partial charge in [0.1, 0.15) is 17.6 Å². The van der Waals surface area contributed by atoms with Gasteiger partial charge in [-0.2, -0.15) is 4.31 Å². The van der Waals surface area contributed by atoms with Crippen molar-refractivity contribution in [2.24, 2.45) is 11.8 Å². The average Bonchev–Trinajstić information content (AvgIpc) is 3.82. The third-order valence-electron chi connectivity index (χ3n) is 9.31. The molecule has 18 nitrogen and oxygen atoms in total. The van der Waals surface area contributed by atoms with Crippen molar-refractivity contribution in [2.45, 2.75) is 96.0 Å². The summed E-state index contributed by atoms with van der Waals surface area (Å²) in [6.07, 6.45) is -5.94. The highest BCUT2D eigenvalue weighted by atomic mass is 32.2. The minimum Gasteiger partial charge on any atom is -0.497 e. The smallest absolute Gasteiger partial charge is 0.407 e. The number of ether oxygens (including phenoxy) is 7. The minimum atomic E-state index is -4.29. The number of esters is 2. The number of carbonyl (C=O) groups is 3. The van der Waals surface area contributed by atoms with Gasteiger partial charge >= 0.3 is 25.6 Å². The van der Waals surface area contributed by atoms with Gasteiger partial charge in [-0.1, -0.05) is 26.0 Å². The Bertz CT molecular complexity index is 1800. The van der Waals surface area contributed by atoms with Gasteiger partial charge in [0.05, 0.1) is 56.5 Å². The lowest BCUT2D eigenvalue weighted by Gasteiger charge is -2.31. The molecule has 2 aromatic carbocycles. The molecule has 2 aromatic rings. The first-order chi connectivity index (χ1) is 28.0. The number of benzene rings is 2. The van der Waals surface area contributed by atoms with Gasteiger partial charge in [0.2, 0.25) is 10.0 Å². The molecule has 0 spiro atoms. The maximum atomic E-state index is 13.9. The van der Waals surface area contributed by atoms with Crippen LogP contribution in [-0.4, -0.2) is 126 Å². The monoisotopic (exact) mass is 872 g/mol. The summed E-state index contributed by atoms with van der Waals surface area (Å²) < 4.78 is 91.5. The number of aliphatic hydroxyl groups excluding tert-OH is 1. The van der Waals surface area contributed by atoms with E-state index >= 15 is 0 Å². The molecule has 20 heteroatoms. The van der Waals surface area contributed by atoms with Gasteiger partial charge in [-0.15, -0.1) is 0 Å². The van der Waals surface area contributed by atoms with E-state index in [4.69, 9.17) is 42.2 Å². The van der Waals surface area contributed by atoms with Gasteiger partial charge in [-0.05, 0) is 88.4 Å². The van der Waals surface area contributed by atoms with Gasteiger partial charge in [-0.3, -0.25) is 13.6 Å². The summed E-state index contributed by atoms with van der Waals surface area (Å²) in [4.78, 5) is 37.9. The van der Waals surface area contributed by atoms with E-state index in [1.807, 2.05) is 13.8 Å². The van der Waals surface area contributed by atoms with Crippen molar-refractivity contribution in [3.8, 4) is 11.5 Å². The normalized spacial score (nSPS) is 20.0. The molecule has 1 amide bonds. The van der Waals surface area contributed by atoms with E-state index in [2.05, 4.69) is 5.32 Å². The van der Waals surface area contributed by atoms with Crippen LogP contribution >= 0.6 is 7.60 Å². The van der Waals surface area contributed by atoms with Crippen LogP contribution in [0.4, 0.5) is 4.79 Å². The van der Waals surface area contributed by atoms with E-state index < -0.39 is 78.7 Å². The Hall–Kier alpha value is -3.81. The zero-order valence-corrected chi connectivity index (χ0v) is 36.2. The summed E-state index contributed by atoms with van der Waals surface area (Å²) in [5.41, 5.74) is 0.589. The summed E-state index contributed by atoms with van der Waals surface area (Å²) in [6.45, 7) is 9.98. The van der Waals surface area contributed by atoms with Crippen LogP contribution in [-0.2, 0) is 63.3 Å². The van der Waals surface area contributed by atoms with Crippen LogP contribution in [0.5, 0.6) is 11.5 Å². The number of alkyl carbamates (subject to hydrolysis) is 1. The molecule has 0 saturated carbocycles. The first-order valence-electron chi connectivity index (χ1n) is 19.5. The van der Waals surface area contributed by atoms with Crippen LogP contribution in [0.2, 0.25) is 0 Å². The molecular weight excluding hydrogens is 815 g/mol. The molecule has 4 rings (SSSR count). The van der Waals surface area contributed by atoms with Gasteiger partial charge in [0.25, 0.3) is 0 Å². The molecule has 0 unspecified atom stereocenters. The largest absolute Gasteiger partial charge is 0.497 e. The number of methoxy groups -OCH3 is 1. The number of amides is 1. The van der Waals surface area contributed by atoms with Gasteiger partial charge in [0.15, 0.2) is 24.8 Å². The van der Waals surface area contributed by atoms with E-state index in [0.29, 0.717) is 24.3 Å².